The number of nitrogens with zero attached hydrogens (tertiary/aromatic N) is 1. The molecule has 2 aromatic heterocycles. The normalized spacial score (nSPS) is 18.3. The van der Waals surface area contributed by atoms with Crippen LogP contribution >= 0.6 is 0 Å². The van der Waals surface area contributed by atoms with Crippen molar-refractivity contribution in [3.8, 4) is 5.75 Å². The molecule has 3 heterocycles. The molecule has 1 aliphatic rings. The fourth-order valence-electron chi connectivity index (χ4n) is 4.04. The second-order valence-corrected chi connectivity index (χ2v) is 8.66. The number of esters is 1. The van der Waals surface area contributed by atoms with Crippen LogP contribution in [0.15, 0.2) is 63.5 Å². The summed E-state index contributed by atoms with van der Waals surface area (Å²) in [6.45, 7) is 7.21. The summed E-state index contributed by atoms with van der Waals surface area (Å²) in [5.41, 5.74) is 6.38. The van der Waals surface area contributed by atoms with E-state index in [4.69, 9.17) is 19.6 Å². The summed E-state index contributed by atoms with van der Waals surface area (Å²) in [4.78, 5) is 28.4. The van der Waals surface area contributed by atoms with Crippen LogP contribution in [0.1, 0.15) is 38.8 Å². The Labute approximate surface area is 185 Å². The van der Waals surface area contributed by atoms with E-state index in [0.717, 1.165) is 16.5 Å². The van der Waals surface area contributed by atoms with Crippen LogP contribution in [-0.2, 0) is 22.4 Å². The second-order valence-electron chi connectivity index (χ2n) is 8.66. The number of ether oxygens (including phenoxy) is 2. The first-order valence-corrected chi connectivity index (χ1v) is 10.4. The fraction of sp³-hybridized carbons (Fsp3) is 0.320. The third-order valence-corrected chi connectivity index (χ3v) is 6.12. The van der Waals surface area contributed by atoms with Gasteiger partial charge in [-0.2, -0.15) is 0 Å². The second kappa shape index (κ2) is 7.82. The summed E-state index contributed by atoms with van der Waals surface area (Å²) in [5.74, 6) is 0.600. The number of rotatable bonds is 5. The minimum Gasteiger partial charge on any atom is -0.482 e. The molecule has 2 N–H and O–H groups in total. The fourth-order valence-corrected chi connectivity index (χ4v) is 4.04. The maximum Gasteiger partial charge on any atom is 0.336 e. The number of pyridine rings is 1. The van der Waals surface area contributed by atoms with Crippen molar-refractivity contribution in [1.29, 1.82) is 0 Å². The first-order chi connectivity index (χ1) is 15.1. The number of nitrogen functional groups attached to an aromatic ring is 1. The van der Waals surface area contributed by atoms with Gasteiger partial charge in [0.05, 0.1) is 0 Å². The Morgan fingerprint density at radius 1 is 1.28 bits per heavy atom. The van der Waals surface area contributed by atoms with Crippen LogP contribution in [0.4, 0.5) is 5.82 Å². The number of hydrogen-bond donors (Lipinski definition) is 1. The van der Waals surface area contributed by atoms with Gasteiger partial charge in [-0.3, -0.25) is 0 Å². The van der Waals surface area contributed by atoms with Crippen LogP contribution in [0, 0.1) is 0 Å². The summed E-state index contributed by atoms with van der Waals surface area (Å²) < 4.78 is 17.9. The molecule has 0 fully saturated rings. The van der Waals surface area contributed by atoms with E-state index in [-0.39, 0.29) is 0 Å². The molecule has 0 radical (unpaired) electrons. The standard InChI is InChI=1S/C25H26N2O5/c1-5-15(2)23(29)32-24(3,4)25(13-16-8-9-27-21(26)10-16)14-18-11-17-6-7-22(28)30-19(17)12-20(18)31-25/h5-12H,13-14H2,1-4H3,(H2,26,27). The van der Waals surface area contributed by atoms with Crippen LogP contribution < -0.4 is 16.1 Å². The molecule has 4 rings (SSSR count). The van der Waals surface area contributed by atoms with Gasteiger partial charge in [-0.25, -0.2) is 14.6 Å². The number of aromatic nitrogens is 1. The molecule has 0 amide bonds. The van der Waals surface area contributed by atoms with Gasteiger partial charge in [-0.15, -0.1) is 0 Å². The molecule has 0 aliphatic carbocycles. The largest absolute Gasteiger partial charge is 0.482 e. The molecular weight excluding hydrogens is 408 g/mol. The first kappa shape index (κ1) is 21.6. The Bertz CT molecular complexity index is 1290. The minimum atomic E-state index is -1.00. The summed E-state index contributed by atoms with van der Waals surface area (Å²) >= 11 is 0. The number of anilines is 1. The Morgan fingerprint density at radius 3 is 2.78 bits per heavy atom. The van der Waals surface area contributed by atoms with Gasteiger partial charge >= 0.3 is 11.6 Å². The molecule has 1 aliphatic heterocycles. The van der Waals surface area contributed by atoms with Crippen molar-refractivity contribution in [2.45, 2.75) is 51.7 Å². The highest BCUT2D eigenvalue weighted by molar-refractivity contribution is 5.88. The van der Waals surface area contributed by atoms with E-state index >= 15 is 0 Å². The number of benzene rings is 1. The molecule has 7 nitrogen and oxygen atoms in total. The zero-order valence-corrected chi connectivity index (χ0v) is 18.6. The lowest BCUT2D eigenvalue weighted by Crippen LogP contribution is -2.57. The monoisotopic (exact) mass is 434 g/mol. The maximum absolute atomic E-state index is 12.7. The van der Waals surface area contributed by atoms with Crippen molar-refractivity contribution in [1.82, 2.24) is 4.98 Å². The van der Waals surface area contributed by atoms with Gasteiger partial charge in [0.25, 0.3) is 0 Å². The molecule has 0 spiro atoms. The molecule has 7 heteroatoms. The van der Waals surface area contributed by atoms with Crippen molar-refractivity contribution in [3.63, 3.8) is 0 Å². The average molecular weight is 434 g/mol. The SMILES string of the molecule is CC=C(C)C(=O)OC(C)(C)C1(Cc2ccnc(N)c2)Cc2cc3ccc(=O)oc3cc2O1. The Morgan fingerprint density at radius 2 is 2.06 bits per heavy atom. The molecule has 1 aromatic carbocycles. The highest BCUT2D eigenvalue weighted by Crippen LogP contribution is 2.46. The van der Waals surface area contributed by atoms with Crippen molar-refractivity contribution in [2.75, 3.05) is 5.73 Å². The average Bonchev–Trinajstić information content (AvgIpc) is 3.09. The molecule has 1 atom stereocenters. The van der Waals surface area contributed by atoms with E-state index < -0.39 is 22.8 Å². The minimum absolute atomic E-state index is 0.401. The van der Waals surface area contributed by atoms with Gasteiger partial charge in [0, 0.05) is 42.1 Å². The highest BCUT2D eigenvalue weighted by Gasteiger charge is 2.54. The third-order valence-electron chi connectivity index (χ3n) is 6.12. The zero-order chi connectivity index (χ0) is 23.1. The number of allylic oxidation sites excluding steroid dienone is 1. The van der Waals surface area contributed by atoms with Crippen LogP contribution in [0.2, 0.25) is 0 Å². The summed E-state index contributed by atoms with van der Waals surface area (Å²) in [5, 5.41) is 0.801. The van der Waals surface area contributed by atoms with Crippen LogP contribution in [0.25, 0.3) is 11.0 Å². The van der Waals surface area contributed by atoms with E-state index in [0.29, 0.717) is 35.6 Å². The summed E-state index contributed by atoms with van der Waals surface area (Å²) in [6, 6.07) is 10.5. The molecular formula is C25H26N2O5. The molecule has 1 unspecified atom stereocenters. The van der Waals surface area contributed by atoms with Crippen molar-refractivity contribution < 1.29 is 18.7 Å². The lowest BCUT2D eigenvalue weighted by atomic mass is 9.77. The third kappa shape index (κ3) is 3.86. The van der Waals surface area contributed by atoms with Gasteiger partial charge in [0.2, 0.25) is 0 Å². The smallest absolute Gasteiger partial charge is 0.336 e. The first-order valence-electron chi connectivity index (χ1n) is 10.4. The lowest BCUT2D eigenvalue weighted by Gasteiger charge is -2.42. The van der Waals surface area contributed by atoms with E-state index in [1.54, 1.807) is 44.3 Å². The predicted molar refractivity (Wildman–Crippen MR) is 122 cm³/mol. The summed E-state index contributed by atoms with van der Waals surface area (Å²) in [6.07, 6.45) is 4.29. The quantitative estimate of drug-likeness (QED) is 0.368. The van der Waals surface area contributed by atoms with Gasteiger partial charge < -0.3 is 19.6 Å². The molecule has 32 heavy (non-hydrogen) atoms. The van der Waals surface area contributed by atoms with E-state index in [9.17, 15) is 9.59 Å². The molecule has 166 valence electrons. The number of hydrogen-bond acceptors (Lipinski definition) is 7. The van der Waals surface area contributed by atoms with Gasteiger partial charge in [-0.05, 0) is 63.1 Å². The number of carbonyl (C=O) groups is 1. The number of nitrogens with two attached hydrogens (primary N) is 1. The number of fused-ring (bicyclic) bond motifs is 2. The maximum atomic E-state index is 12.7. The van der Waals surface area contributed by atoms with E-state index in [2.05, 4.69) is 4.98 Å². The van der Waals surface area contributed by atoms with Gasteiger partial charge in [0.15, 0.2) is 5.60 Å². The molecule has 0 saturated heterocycles. The number of carbonyl (C=O) groups excluding carboxylic acids is 1. The molecule has 0 bridgehead atoms. The van der Waals surface area contributed by atoms with E-state index in [1.165, 1.54) is 6.07 Å². The van der Waals surface area contributed by atoms with Crippen LogP contribution in [0.3, 0.4) is 0 Å². The Balaban J connectivity index is 1.79. The van der Waals surface area contributed by atoms with Gasteiger partial charge in [-0.1, -0.05) is 6.08 Å². The van der Waals surface area contributed by atoms with Crippen molar-refractivity contribution in [3.05, 3.63) is 75.8 Å². The Hall–Kier alpha value is -3.61. The summed E-state index contributed by atoms with van der Waals surface area (Å²) in [7, 11) is 0. The molecule has 3 aromatic rings. The van der Waals surface area contributed by atoms with Crippen LogP contribution in [-0.4, -0.2) is 22.2 Å². The van der Waals surface area contributed by atoms with Crippen molar-refractivity contribution in [2.24, 2.45) is 0 Å². The predicted octanol–water partition coefficient (Wildman–Crippen LogP) is 3.97. The Kier molecular flexibility index (Phi) is 5.28. The topological polar surface area (TPSA) is 105 Å². The highest BCUT2D eigenvalue weighted by atomic mass is 16.6. The van der Waals surface area contributed by atoms with Crippen LogP contribution in [0.5, 0.6) is 5.75 Å². The van der Waals surface area contributed by atoms with Gasteiger partial charge in [0.1, 0.15) is 22.8 Å². The van der Waals surface area contributed by atoms with E-state index in [1.807, 2.05) is 26.0 Å². The lowest BCUT2D eigenvalue weighted by molar-refractivity contribution is -0.174. The zero-order valence-electron chi connectivity index (χ0n) is 18.6. The van der Waals surface area contributed by atoms with Crippen molar-refractivity contribution >= 4 is 22.8 Å². The molecule has 0 saturated carbocycles.